The first-order chi connectivity index (χ1) is 16.5. The van der Waals surface area contributed by atoms with Crippen LogP contribution in [0.3, 0.4) is 0 Å². The summed E-state index contributed by atoms with van der Waals surface area (Å²) in [7, 11) is 0. The van der Waals surface area contributed by atoms with Gasteiger partial charge in [0.15, 0.2) is 6.29 Å². The maximum absolute atomic E-state index is 13.7. The second-order valence-corrected chi connectivity index (χ2v) is 9.34. The quantitative estimate of drug-likeness (QED) is 0.573. The van der Waals surface area contributed by atoms with E-state index in [1.165, 1.54) is 12.1 Å². The van der Waals surface area contributed by atoms with Crippen LogP contribution in [0.25, 0.3) is 0 Å². The highest BCUT2D eigenvalue weighted by atomic mass is 19.1. The number of amides is 1. The molecule has 34 heavy (non-hydrogen) atoms. The Kier molecular flexibility index (Phi) is 8.31. The van der Waals surface area contributed by atoms with Crippen molar-refractivity contribution in [1.29, 1.82) is 5.26 Å². The molecule has 0 spiro atoms. The fraction of sp³-hybridized carbons (Fsp3) is 0.500. The van der Waals surface area contributed by atoms with E-state index in [0.717, 1.165) is 73.8 Å². The molecule has 0 radical (unpaired) electrons. The third-order valence-electron chi connectivity index (χ3n) is 6.93. The highest BCUT2D eigenvalue weighted by Crippen LogP contribution is 2.28. The van der Waals surface area contributed by atoms with Crippen LogP contribution in [0, 0.1) is 24.1 Å². The van der Waals surface area contributed by atoms with Crippen LogP contribution in [-0.2, 0) is 22.3 Å². The summed E-state index contributed by atoms with van der Waals surface area (Å²) in [4.78, 5) is 13.2. The second-order valence-electron chi connectivity index (χ2n) is 9.34. The minimum Gasteiger partial charge on any atom is -0.353 e. The van der Waals surface area contributed by atoms with Crippen molar-refractivity contribution in [1.82, 2.24) is 5.32 Å². The Morgan fingerprint density at radius 3 is 2.85 bits per heavy atom. The van der Waals surface area contributed by atoms with Crippen LogP contribution < -0.4 is 5.32 Å². The largest absolute Gasteiger partial charge is 0.353 e. The van der Waals surface area contributed by atoms with Crippen LogP contribution in [0.1, 0.15) is 82.6 Å². The van der Waals surface area contributed by atoms with E-state index in [1.54, 1.807) is 12.1 Å². The van der Waals surface area contributed by atoms with Gasteiger partial charge >= 0.3 is 0 Å². The van der Waals surface area contributed by atoms with Gasteiger partial charge in [0.05, 0.1) is 18.2 Å². The van der Waals surface area contributed by atoms with Gasteiger partial charge in [0, 0.05) is 24.6 Å². The maximum Gasteiger partial charge on any atom is 0.251 e. The number of nitrogens with zero attached hydrogens (tertiary/aromatic N) is 1. The predicted octanol–water partition coefficient (Wildman–Crippen LogP) is 5.33. The van der Waals surface area contributed by atoms with E-state index in [0.29, 0.717) is 30.7 Å². The van der Waals surface area contributed by atoms with E-state index in [2.05, 4.69) is 11.4 Å². The maximum atomic E-state index is 13.7. The van der Waals surface area contributed by atoms with Gasteiger partial charge in [-0.05, 0) is 105 Å². The van der Waals surface area contributed by atoms with Gasteiger partial charge < -0.3 is 14.8 Å². The SMILES string of the molecule is Cc1cc(F)ccc1C(CCOC1CCCCO1)CNC(=O)c1cc(C#N)cc2c1CCCC2. The molecule has 0 aromatic heterocycles. The van der Waals surface area contributed by atoms with Crippen molar-refractivity contribution in [2.24, 2.45) is 0 Å². The van der Waals surface area contributed by atoms with E-state index >= 15 is 0 Å². The molecule has 2 aromatic carbocycles. The summed E-state index contributed by atoms with van der Waals surface area (Å²) in [6.07, 6.45) is 7.49. The monoisotopic (exact) mass is 464 g/mol. The molecule has 2 atom stereocenters. The number of halogens is 1. The lowest BCUT2D eigenvalue weighted by molar-refractivity contribution is -0.163. The first-order valence-electron chi connectivity index (χ1n) is 12.4. The van der Waals surface area contributed by atoms with Crippen molar-refractivity contribution in [3.8, 4) is 6.07 Å². The Bertz CT molecular complexity index is 1060. The van der Waals surface area contributed by atoms with Crippen molar-refractivity contribution in [2.75, 3.05) is 19.8 Å². The van der Waals surface area contributed by atoms with Crippen LogP contribution in [0.2, 0.25) is 0 Å². The lowest BCUT2D eigenvalue weighted by Crippen LogP contribution is -2.31. The highest BCUT2D eigenvalue weighted by molar-refractivity contribution is 5.96. The number of carbonyl (C=O) groups is 1. The molecule has 1 N–H and O–H groups in total. The van der Waals surface area contributed by atoms with Crippen molar-refractivity contribution in [3.63, 3.8) is 0 Å². The van der Waals surface area contributed by atoms with Gasteiger partial charge in [0.25, 0.3) is 5.91 Å². The lowest BCUT2D eigenvalue weighted by Gasteiger charge is -2.25. The van der Waals surface area contributed by atoms with E-state index in [-0.39, 0.29) is 23.9 Å². The normalized spacial score (nSPS) is 18.6. The summed E-state index contributed by atoms with van der Waals surface area (Å²) in [6.45, 7) is 3.53. The number of ether oxygens (including phenoxy) is 2. The van der Waals surface area contributed by atoms with Crippen LogP contribution in [0.4, 0.5) is 4.39 Å². The molecule has 1 amide bonds. The summed E-state index contributed by atoms with van der Waals surface area (Å²) in [5.41, 5.74) is 5.17. The molecule has 5 nitrogen and oxygen atoms in total. The fourth-order valence-corrected chi connectivity index (χ4v) is 5.09. The molecule has 1 heterocycles. The number of fused-ring (bicyclic) bond motifs is 1. The minimum atomic E-state index is -0.268. The Morgan fingerprint density at radius 2 is 2.09 bits per heavy atom. The summed E-state index contributed by atoms with van der Waals surface area (Å²) >= 11 is 0. The Morgan fingerprint density at radius 1 is 1.24 bits per heavy atom. The molecule has 2 unspecified atom stereocenters. The average Bonchev–Trinajstić information content (AvgIpc) is 2.86. The van der Waals surface area contributed by atoms with Crippen molar-refractivity contribution < 1.29 is 18.7 Å². The number of hydrogen-bond acceptors (Lipinski definition) is 4. The van der Waals surface area contributed by atoms with Gasteiger partial charge in [0.1, 0.15) is 5.82 Å². The van der Waals surface area contributed by atoms with Gasteiger partial charge in [-0.2, -0.15) is 5.26 Å². The molecule has 4 rings (SSSR count). The molecule has 2 aromatic rings. The van der Waals surface area contributed by atoms with Crippen molar-refractivity contribution >= 4 is 5.91 Å². The van der Waals surface area contributed by atoms with Crippen LogP contribution >= 0.6 is 0 Å². The average molecular weight is 465 g/mol. The van der Waals surface area contributed by atoms with Gasteiger partial charge in [-0.3, -0.25) is 4.79 Å². The zero-order chi connectivity index (χ0) is 23.9. The summed E-state index contributed by atoms with van der Waals surface area (Å²) in [6, 6.07) is 10.6. The fourth-order valence-electron chi connectivity index (χ4n) is 5.09. The summed E-state index contributed by atoms with van der Waals surface area (Å²) < 4.78 is 25.4. The van der Waals surface area contributed by atoms with E-state index in [1.807, 2.05) is 13.0 Å². The molecular formula is C28H33FN2O3. The summed E-state index contributed by atoms with van der Waals surface area (Å²) in [5, 5.41) is 12.5. The number of nitrogens with one attached hydrogen (secondary N) is 1. The van der Waals surface area contributed by atoms with E-state index < -0.39 is 0 Å². The van der Waals surface area contributed by atoms with Gasteiger partial charge in [-0.25, -0.2) is 4.39 Å². The lowest BCUT2D eigenvalue weighted by atomic mass is 9.86. The molecule has 0 saturated carbocycles. The molecule has 180 valence electrons. The second kappa shape index (κ2) is 11.6. The first kappa shape index (κ1) is 24.4. The van der Waals surface area contributed by atoms with E-state index in [4.69, 9.17) is 9.47 Å². The third-order valence-corrected chi connectivity index (χ3v) is 6.93. The zero-order valence-electron chi connectivity index (χ0n) is 19.9. The van der Waals surface area contributed by atoms with Crippen LogP contribution in [0.15, 0.2) is 30.3 Å². The van der Waals surface area contributed by atoms with Crippen molar-refractivity contribution in [3.05, 3.63) is 69.5 Å². The Balaban J connectivity index is 1.47. The number of aryl methyl sites for hydroxylation is 2. The molecular weight excluding hydrogens is 431 g/mol. The van der Waals surface area contributed by atoms with Crippen LogP contribution in [-0.4, -0.2) is 32.0 Å². The predicted molar refractivity (Wildman–Crippen MR) is 128 cm³/mol. The number of rotatable bonds is 8. The number of benzene rings is 2. The zero-order valence-corrected chi connectivity index (χ0v) is 19.9. The topological polar surface area (TPSA) is 71.3 Å². The number of carbonyl (C=O) groups excluding carboxylic acids is 1. The third kappa shape index (κ3) is 6.02. The van der Waals surface area contributed by atoms with Crippen LogP contribution in [0.5, 0.6) is 0 Å². The minimum absolute atomic E-state index is 0.0249. The number of nitriles is 1. The number of hydrogen-bond donors (Lipinski definition) is 1. The van der Waals surface area contributed by atoms with E-state index in [9.17, 15) is 14.4 Å². The molecule has 0 bridgehead atoms. The molecule has 1 aliphatic carbocycles. The Hall–Kier alpha value is -2.75. The highest BCUT2D eigenvalue weighted by Gasteiger charge is 2.22. The molecule has 1 fully saturated rings. The van der Waals surface area contributed by atoms with Gasteiger partial charge in [-0.1, -0.05) is 6.07 Å². The van der Waals surface area contributed by atoms with Gasteiger partial charge in [0.2, 0.25) is 0 Å². The van der Waals surface area contributed by atoms with Crippen molar-refractivity contribution in [2.45, 2.75) is 70.5 Å². The van der Waals surface area contributed by atoms with Gasteiger partial charge in [-0.15, -0.1) is 0 Å². The molecule has 2 aliphatic rings. The molecule has 1 saturated heterocycles. The first-order valence-corrected chi connectivity index (χ1v) is 12.4. The molecule has 1 aliphatic heterocycles. The Labute approximate surface area is 201 Å². The smallest absolute Gasteiger partial charge is 0.251 e. The molecule has 6 heteroatoms. The summed E-state index contributed by atoms with van der Waals surface area (Å²) in [5.74, 6) is -0.449. The standard InChI is InChI=1S/C28H33FN2O3/c1-19-14-23(29)9-10-24(19)22(11-13-34-27-8-4-5-12-33-27)18-31-28(32)26-16-20(17-30)15-21-6-2-3-7-25(21)26/h9-10,14-16,22,27H,2-8,11-13,18H2,1H3,(H,31,32).